The third kappa shape index (κ3) is 4.44. The van der Waals surface area contributed by atoms with E-state index >= 15 is 0 Å². The average molecular weight is 309 g/mol. The number of carbonyl (C=O) groups excluding carboxylic acids is 1. The zero-order chi connectivity index (χ0) is 16.7. The average Bonchev–Trinajstić information content (AvgIpc) is 2.55. The molecule has 0 saturated carbocycles. The highest BCUT2D eigenvalue weighted by molar-refractivity contribution is 6.08. The lowest BCUT2D eigenvalue weighted by Crippen LogP contribution is -2.14. The second kappa shape index (κ2) is 7.79. The Morgan fingerprint density at radius 3 is 2.43 bits per heavy atom. The van der Waals surface area contributed by atoms with Gasteiger partial charge in [0.05, 0.1) is 6.20 Å². The van der Waals surface area contributed by atoms with Gasteiger partial charge in [0, 0.05) is 17.0 Å². The molecule has 116 valence electrons. The summed E-state index contributed by atoms with van der Waals surface area (Å²) in [5, 5.41) is 2.70. The minimum absolute atomic E-state index is 0.0459. The van der Waals surface area contributed by atoms with Crippen molar-refractivity contribution in [2.45, 2.75) is 6.92 Å². The van der Waals surface area contributed by atoms with Crippen molar-refractivity contribution in [1.29, 1.82) is 0 Å². The van der Waals surface area contributed by atoms with Crippen molar-refractivity contribution in [3.05, 3.63) is 77.9 Å². The maximum atomic E-state index is 13.8. The Labute approximate surface area is 134 Å². The molecule has 2 rings (SSSR count). The van der Waals surface area contributed by atoms with E-state index in [1.165, 1.54) is 12.3 Å². The highest BCUT2D eigenvalue weighted by Crippen LogP contribution is 2.12. The van der Waals surface area contributed by atoms with E-state index in [0.29, 0.717) is 17.0 Å². The molecule has 2 aromatic carbocycles. The summed E-state index contributed by atoms with van der Waals surface area (Å²) in [4.78, 5) is 20.1. The zero-order valence-corrected chi connectivity index (χ0v) is 12.7. The van der Waals surface area contributed by atoms with E-state index in [9.17, 15) is 9.18 Å². The number of amides is 1. The number of hydrogen-bond donors (Lipinski definition) is 1. The second-order valence-corrected chi connectivity index (χ2v) is 4.69. The van der Waals surface area contributed by atoms with E-state index in [0.717, 1.165) is 0 Å². The Bertz CT molecular complexity index is 767. The van der Waals surface area contributed by atoms with Gasteiger partial charge >= 0.3 is 0 Å². The molecule has 0 spiro atoms. The normalized spacial score (nSPS) is 11.9. The Morgan fingerprint density at radius 1 is 1.13 bits per heavy atom. The fraction of sp³-hybridized carbons (Fsp3) is 0.0556. The molecular weight excluding hydrogens is 293 g/mol. The summed E-state index contributed by atoms with van der Waals surface area (Å²) in [7, 11) is 0. The molecule has 0 aliphatic rings. The lowest BCUT2D eigenvalue weighted by Gasteiger charge is -2.07. The monoisotopic (exact) mass is 309 g/mol. The van der Waals surface area contributed by atoms with Crippen LogP contribution in [0.4, 0.5) is 10.1 Å². The van der Waals surface area contributed by atoms with E-state index in [1.807, 2.05) is 6.07 Å². The number of rotatable bonds is 5. The van der Waals surface area contributed by atoms with Crippen LogP contribution in [0.5, 0.6) is 0 Å². The Hall–Kier alpha value is -3.08. The number of benzene rings is 2. The van der Waals surface area contributed by atoms with Gasteiger partial charge in [-0.3, -0.25) is 9.79 Å². The van der Waals surface area contributed by atoms with Crippen LogP contribution in [0, 0.1) is 5.82 Å². The number of nitrogens with zero attached hydrogens (tertiary/aromatic N) is 2. The third-order valence-electron chi connectivity index (χ3n) is 3.03. The van der Waals surface area contributed by atoms with Gasteiger partial charge in [-0.15, -0.1) is 0 Å². The van der Waals surface area contributed by atoms with Crippen LogP contribution in [-0.2, 0) is 4.79 Å². The number of halogens is 1. The smallest absolute Gasteiger partial charge is 0.275 e. The molecule has 1 amide bonds. The number of para-hydroxylation sites is 1. The van der Waals surface area contributed by atoms with Crippen LogP contribution in [0.2, 0.25) is 0 Å². The zero-order valence-electron chi connectivity index (χ0n) is 12.7. The standard InChI is InChI=1S/C18H16FN3O/c1-13(15-10-6-7-11-16(15)19)21-17(12-20-2)18(23)22-14-8-4-3-5-9-14/h3-12H,2H2,1H3,(H,22,23)/b17-12-,21-13?. The van der Waals surface area contributed by atoms with Crippen LogP contribution in [-0.4, -0.2) is 18.3 Å². The number of anilines is 1. The number of aliphatic imine (C=N–C) groups is 2. The predicted octanol–water partition coefficient (Wildman–Crippen LogP) is 3.82. The van der Waals surface area contributed by atoms with E-state index in [-0.39, 0.29) is 5.70 Å². The molecule has 0 aromatic heterocycles. The van der Waals surface area contributed by atoms with Gasteiger partial charge in [0.2, 0.25) is 0 Å². The van der Waals surface area contributed by atoms with Crippen molar-refractivity contribution in [2.24, 2.45) is 9.98 Å². The summed E-state index contributed by atoms with van der Waals surface area (Å²) in [5.41, 5.74) is 1.38. The molecule has 4 nitrogen and oxygen atoms in total. The first-order valence-corrected chi connectivity index (χ1v) is 6.94. The van der Waals surface area contributed by atoms with Crippen LogP contribution < -0.4 is 5.32 Å². The molecule has 23 heavy (non-hydrogen) atoms. The van der Waals surface area contributed by atoms with Gasteiger partial charge in [-0.2, -0.15) is 0 Å². The number of carbonyl (C=O) groups is 1. The van der Waals surface area contributed by atoms with Crippen LogP contribution in [0.1, 0.15) is 12.5 Å². The van der Waals surface area contributed by atoms with Crippen LogP contribution in [0.15, 0.2) is 76.5 Å². The first-order valence-electron chi connectivity index (χ1n) is 6.94. The lowest BCUT2D eigenvalue weighted by molar-refractivity contribution is -0.112. The minimum atomic E-state index is -0.445. The maximum absolute atomic E-state index is 13.8. The van der Waals surface area contributed by atoms with Crippen molar-refractivity contribution in [3.63, 3.8) is 0 Å². The van der Waals surface area contributed by atoms with Crippen LogP contribution in [0.25, 0.3) is 0 Å². The second-order valence-electron chi connectivity index (χ2n) is 4.69. The number of hydrogen-bond acceptors (Lipinski definition) is 3. The molecule has 0 unspecified atom stereocenters. The molecule has 0 bridgehead atoms. The highest BCUT2D eigenvalue weighted by Gasteiger charge is 2.11. The molecule has 5 heteroatoms. The Balaban J connectivity index is 2.27. The van der Waals surface area contributed by atoms with Gasteiger partial charge in [0.25, 0.3) is 5.91 Å². The third-order valence-corrected chi connectivity index (χ3v) is 3.03. The van der Waals surface area contributed by atoms with E-state index in [4.69, 9.17) is 0 Å². The van der Waals surface area contributed by atoms with Crippen molar-refractivity contribution in [3.8, 4) is 0 Å². The summed E-state index contributed by atoms with van der Waals surface area (Å²) in [6, 6.07) is 15.2. The van der Waals surface area contributed by atoms with Crippen molar-refractivity contribution < 1.29 is 9.18 Å². The SMILES string of the molecule is C=N/C=C(\N=C(C)c1ccccc1F)C(=O)Nc1ccccc1. The first-order chi connectivity index (χ1) is 11.1. The van der Waals surface area contributed by atoms with Crippen molar-refractivity contribution in [2.75, 3.05) is 5.32 Å². The molecule has 0 aliphatic carbocycles. The molecule has 0 atom stereocenters. The highest BCUT2D eigenvalue weighted by atomic mass is 19.1. The van der Waals surface area contributed by atoms with Gasteiger partial charge in [-0.25, -0.2) is 9.38 Å². The summed E-state index contributed by atoms with van der Waals surface area (Å²) in [6.45, 7) is 4.97. The molecule has 2 aromatic rings. The fourth-order valence-electron chi connectivity index (χ4n) is 1.94. The summed E-state index contributed by atoms with van der Waals surface area (Å²) in [5.74, 6) is -0.845. The quantitative estimate of drug-likeness (QED) is 0.662. The lowest BCUT2D eigenvalue weighted by atomic mass is 10.1. The molecule has 0 heterocycles. The molecule has 0 aliphatic heterocycles. The minimum Gasteiger partial charge on any atom is -0.321 e. The maximum Gasteiger partial charge on any atom is 0.275 e. The summed E-state index contributed by atoms with van der Waals surface area (Å²) < 4.78 is 13.8. The van der Waals surface area contributed by atoms with E-state index < -0.39 is 11.7 Å². The van der Waals surface area contributed by atoms with Crippen molar-refractivity contribution >= 4 is 24.0 Å². The molecule has 0 saturated heterocycles. The number of nitrogens with one attached hydrogen (secondary N) is 1. The fourth-order valence-corrected chi connectivity index (χ4v) is 1.94. The van der Waals surface area contributed by atoms with Crippen LogP contribution in [0.3, 0.4) is 0 Å². The topological polar surface area (TPSA) is 53.8 Å². The van der Waals surface area contributed by atoms with E-state index in [2.05, 4.69) is 22.0 Å². The molecular formula is C18H16FN3O. The van der Waals surface area contributed by atoms with Gasteiger partial charge in [0.15, 0.2) is 0 Å². The van der Waals surface area contributed by atoms with Gasteiger partial charge in [-0.05, 0) is 31.8 Å². The molecule has 0 radical (unpaired) electrons. The largest absolute Gasteiger partial charge is 0.321 e. The van der Waals surface area contributed by atoms with Gasteiger partial charge < -0.3 is 5.32 Å². The Kier molecular flexibility index (Phi) is 5.52. The van der Waals surface area contributed by atoms with Gasteiger partial charge in [-0.1, -0.05) is 36.4 Å². The first kappa shape index (κ1) is 16.3. The summed E-state index contributed by atoms with van der Waals surface area (Å²) >= 11 is 0. The molecule has 1 N–H and O–H groups in total. The van der Waals surface area contributed by atoms with Gasteiger partial charge in [0.1, 0.15) is 11.5 Å². The predicted molar refractivity (Wildman–Crippen MR) is 91.3 cm³/mol. The summed E-state index contributed by atoms with van der Waals surface area (Å²) in [6.07, 6.45) is 1.24. The van der Waals surface area contributed by atoms with Crippen molar-refractivity contribution in [1.82, 2.24) is 0 Å². The van der Waals surface area contributed by atoms with E-state index in [1.54, 1.807) is 49.4 Å². The molecule has 0 fully saturated rings. The van der Waals surface area contributed by atoms with Crippen LogP contribution >= 0.6 is 0 Å². The Morgan fingerprint density at radius 2 is 1.78 bits per heavy atom.